The van der Waals surface area contributed by atoms with Gasteiger partial charge < -0.3 is 10.4 Å². The molecule has 0 fully saturated rings. The van der Waals surface area contributed by atoms with Crippen molar-refractivity contribution in [1.29, 1.82) is 0 Å². The molecule has 0 bridgehead atoms. The van der Waals surface area contributed by atoms with Crippen molar-refractivity contribution in [3.63, 3.8) is 0 Å². The number of nitrogens with two attached hydrogens (primary N) is 1. The average molecular weight is 433 g/mol. The fourth-order valence-corrected chi connectivity index (χ4v) is 5.06. The zero-order chi connectivity index (χ0) is 20.2. The summed E-state index contributed by atoms with van der Waals surface area (Å²) in [6, 6.07) is 9.97. The minimum Gasteiger partial charge on any atom is -0.395 e. The SMILES string of the molecule is NS(=O)(=O)c1cc(C(=O)NCCO)c(S(=O)(=O)Cc2ccccc2)cc1Cl. The van der Waals surface area contributed by atoms with Crippen molar-refractivity contribution in [2.24, 2.45) is 5.14 Å². The lowest BCUT2D eigenvalue weighted by Gasteiger charge is -2.13. The molecule has 0 spiro atoms. The third kappa shape index (κ3) is 5.27. The second-order valence-electron chi connectivity index (χ2n) is 5.55. The van der Waals surface area contributed by atoms with Crippen molar-refractivity contribution in [3.8, 4) is 0 Å². The highest BCUT2D eigenvalue weighted by Gasteiger charge is 2.27. The van der Waals surface area contributed by atoms with E-state index in [1.54, 1.807) is 30.3 Å². The fourth-order valence-electron chi connectivity index (χ4n) is 2.32. The Bertz CT molecular complexity index is 1050. The van der Waals surface area contributed by atoms with Crippen LogP contribution in [0.5, 0.6) is 0 Å². The minimum atomic E-state index is -4.29. The van der Waals surface area contributed by atoms with Gasteiger partial charge in [-0.3, -0.25) is 4.79 Å². The van der Waals surface area contributed by atoms with Gasteiger partial charge in [0.15, 0.2) is 9.84 Å². The molecule has 2 aromatic rings. The van der Waals surface area contributed by atoms with Crippen molar-refractivity contribution >= 4 is 37.4 Å². The van der Waals surface area contributed by atoms with Crippen LogP contribution in [-0.4, -0.2) is 41.0 Å². The average Bonchev–Trinajstić information content (AvgIpc) is 2.58. The highest BCUT2D eigenvalue weighted by molar-refractivity contribution is 7.91. The molecule has 0 aliphatic rings. The first-order chi connectivity index (χ1) is 12.6. The molecule has 0 radical (unpaired) electrons. The lowest BCUT2D eigenvalue weighted by Crippen LogP contribution is -2.28. The number of primary sulfonamides is 1. The number of benzene rings is 2. The maximum atomic E-state index is 12.8. The van der Waals surface area contributed by atoms with Crippen LogP contribution in [0.4, 0.5) is 0 Å². The molecule has 0 atom stereocenters. The van der Waals surface area contributed by atoms with Gasteiger partial charge in [-0.1, -0.05) is 41.9 Å². The quantitative estimate of drug-likeness (QED) is 0.587. The van der Waals surface area contributed by atoms with E-state index in [9.17, 15) is 21.6 Å². The summed E-state index contributed by atoms with van der Waals surface area (Å²) in [5.74, 6) is -1.30. The zero-order valence-corrected chi connectivity index (χ0v) is 16.3. The van der Waals surface area contributed by atoms with Crippen LogP contribution in [0.3, 0.4) is 0 Å². The van der Waals surface area contributed by atoms with E-state index < -0.39 is 51.9 Å². The number of aliphatic hydroxyl groups is 1. The van der Waals surface area contributed by atoms with Gasteiger partial charge in [-0.2, -0.15) is 0 Å². The molecule has 0 heterocycles. The van der Waals surface area contributed by atoms with Gasteiger partial charge in [-0.25, -0.2) is 22.0 Å². The van der Waals surface area contributed by atoms with Crippen LogP contribution in [0.15, 0.2) is 52.3 Å². The molecule has 27 heavy (non-hydrogen) atoms. The van der Waals surface area contributed by atoms with E-state index in [0.29, 0.717) is 5.56 Å². The molecular formula is C16H17ClN2O6S2. The van der Waals surface area contributed by atoms with Crippen LogP contribution >= 0.6 is 11.6 Å². The zero-order valence-electron chi connectivity index (χ0n) is 13.9. The van der Waals surface area contributed by atoms with Gasteiger partial charge in [0, 0.05) is 6.54 Å². The van der Waals surface area contributed by atoms with Gasteiger partial charge in [-0.05, 0) is 17.7 Å². The third-order valence-corrected chi connectivity index (χ3v) is 6.61. The number of sulfonamides is 1. The molecule has 0 saturated carbocycles. The van der Waals surface area contributed by atoms with Gasteiger partial charge >= 0.3 is 0 Å². The Hall–Kier alpha value is -1.98. The van der Waals surface area contributed by atoms with Crippen LogP contribution in [0.1, 0.15) is 15.9 Å². The smallest absolute Gasteiger partial charge is 0.252 e. The fraction of sp³-hybridized carbons (Fsp3) is 0.188. The Morgan fingerprint density at radius 3 is 2.26 bits per heavy atom. The third-order valence-electron chi connectivity index (χ3n) is 3.52. The van der Waals surface area contributed by atoms with Gasteiger partial charge in [0.25, 0.3) is 5.91 Å². The number of amides is 1. The van der Waals surface area contributed by atoms with E-state index in [0.717, 1.165) is 12.1 Å². The molecule has 2 aromatic carbocycles. The first-order valence-corrected chi connectivity index (χ1v) is 11.2. The molecule has 1 amide bonds. The van der Waals surface area contributed by atoms with E-state index in [1.165, 1.54) is 0 Å². The molecule has 11 heteroatoms. The summed E-state index contributed by atoms with van der Waals surface area (Å²) in [4.78, 5) is 11.3. The van der Waals surface area contributed by atoms with Crippen LogP contribution in [-0.2, 0) is 25.6 Å². The van der Waals surface area contributed by atoms with Crippen LogP contribution in [0.2, 0.25) is 5.02 Å². The summed E-state index contributed by atoms with van der Waals surface area (Å²) in [6.45, 7) is -0.530. The van der Waals surface area contributed by atoms with Crippen LogP contribution in [0.25, 0.3) is 0 Å². The summed E-state index contributed by atoms with van der Waals surface area (Å²) >= 11 is 5.91. The monoisotopic (exact) mass is 432 g/mol. The Labute approximate surface area is 161 Å². The van der Waals surface area contributed by atoms with E-state index >= 15 is 0 Å². The molecule has 0 unspecified atom stereocenters. The molecule has 0 aromatic heterocycles. The molecule has 146 valence electrons. The number of sulfone groups is 1. The number of rotatable bonds is 7. The number of aliphatic hydroxyl groups excluding tert-OH is 1. The van der Waals surface area contributed by atoms with Crippen molar-refractivity contribution in [1.82, 2.24) is 5.32 Å². The standard InChI is InChI=1S/C16H17ClN2O6S2/c17-13-9-14(26(22,23)10-11-4-2-1-3-5-11)12(16(21)19-6-7-20)8-15(13)27(18,24)25/h1-5,8-9,20H,6-7,10H2,(H,19,21)(H2,18,24,25). The van der Waals surface area contributed by atoms with Gasteiger partial charge in [-0.15, -0.1) is 0 Å². The highest BCUT2D eigenvalue weighted by Crippen LogP contribution is 2.29. The first-order valence-electron chi connectivity index (χ1n) is 7.58. The molecular weight excluding hydrogens is 416 g/mol. The van der Waals surface area contributed by atoms with E-state index in [2.05, 4.69) is 5.32 Å². The number of hydrogen-bond donors (Lipinski definition) is 3. The summed E-state index contributed by atoms with van der Waals surface area (Å²) in [6.07, 6.45) is 0. The molecule has 0 aliphatic heterocycles. The Kier molecular flexibility index (Phi) is 6.60. The molecule has 0 saturated heterocycles. The highest BCUT2D eigenvalue weighted by atomic mass is 35.5. The van der Waals surface area contributed by atoms with Crippen molar-refractivity contribution in [3.05, 3.63) is 58.6 Å². The summed E-state index contributed by atoms with van der Waals surface area (Å²) in [7, 11) is -8.33. The minimum absolute atomic E-state index is 0.148. The van der Waals surface area contributed by atoms with E-state index in [1.807, 2.05) is 0 Å². The molecule has 8 nitrogen and oxygen atoms in total. The van der Waals surface area contributed by atoms with Crippen molar-refractivity contribution in [2.75, 3.05) is 13.2 Å². The maximum Gasteiger partial charge on any atom is 0.252 e. The Balaban J connectivity index is 2.63. The maximum absolute atomic E-state index is 12.8. The number of hydrogen-bond acceptors (Lipinski definition) is 6. The van der Waals surface area contributed by atoms with Crippen LogP contribution in [0, 0.1) is 0 Å². The predicted molar refractivity (Wildman–Crippen MR) is 99.6 cm³/mol. The van der Waals surface area contributed by atoms with Gasteiger partial charge in [0.2, 0.25) is 10.0 Å². The van der Waals surface area contributed by atoms with Crippen molar-refractivity contribution < 1.29 is 26.7 Å². The second-order valence-corrected chi connectivity index (χ2v) is 9.44. The normalized spacial score (nSPS) is 12.0. The Morgan fingerprint density at radius 1 is 1.07 bits per heavy atom. The number of nitrogens with one attached hydrogen (secondary N) is 1. The summed E-state index contributed by atoms with van der Waals surface area (Å²) in [5.41, 5.74) is 0.0543. The summed E-state index contributed by atoms with van der Waals surface area (Å²) < 4.78 is 49.0. The molecule has 0 aliphatic carbocycles. The number of carbonyl (C=O) groups is 1. The van der Waals surface area contributed by atoms with E-state index in [4.69, 9.17) is 21.8 Å². The van der Waals surface area contributed by atoms with E-state index in [-0.39, 0.29) is 13.2 Å². The van der Waals surface area contributed by atoms with Gasteiger partial charge in [0.1, 0.15) is 4.90 Å². The lowest BCUT2D eigenvalue weighted by atomic mass is 10.2. The topological polar surface area (TPSA) is 144 Å². The lowest BCUT2D eigenvalue weighted by molar-refractivity contribution is 0.0941. The second kappa shape index (κ2) is 8.36. The summed E-state index contributed by atoms with van der Waals surface area (Å²) in [5, 5.41) is 15.8. The Morgan fingerprint density at radius 2 is 1.70 bits per heavy atom. The molecule has 2 rings (SSSR count). The number of carbonyl (C=O) groups excluding carboxylic acids is 1. The largest absolute Gasteiger partial charge is 0.395 e. The van der Waals surface area contributed by atoms with Crippen LogP contribution < -0.4 is 10.5 Å². The van der Waals surface area contributed by atoms with Crippen molar-refractivity contribution in [2.45, 2.75) is 15.5 Å². The van der Waals surface area contributed by atoms with Gasteiger partial charge in [0.05, 0.1) is 27.8 Å². The number of halogens is 1. The first kappa shape index (κ1) is 21.3. The predicted octanol–water partition coefficient (Wildman–Crippen LogP) is 0.683. The molecule has 4 N–H and O–H groups in total.